The Morgan fingerprint density at radius 3 is 2.59 bits per heavy atom. The Hall–Kier alpha value is -3.94. The van der Waals surface area contributed by atoms with Gasteiger partial charge in [0.05, 0.1) is 6.26 Å². The number of nitrogens with zero attached hydrogens (tertiary/aromatic N) is 4. The van der Waals surface area contributed by atoms with E-state index >= 15 is 0 Å². The van der Waals surface area contributed by atoms with Crippen LogP contribution in [-0.2, 0) is 0 Å². The Bertz CT molecular complexity index is 1040. The van der Waals surface area contributed by atoms with Gasteiger partial charge in [-0.05, 0) is 49.4 Å². The van der Waals surface area contributed by atoms with E-state index < -0.39 is 0 Å². The predicted molar refractivity (Wildman–Crippen MR) is 100 cm³/mol. The lowest BCUT2D eigenvalue weighted by Crippen LogP contribution is -2.10. The summed E-state index contributed by atoms with van der Waals surface area (Å²) in [4.78, 5) is 20.8. The minimum Gasteiger partial charge on any atom is -0.459 e. The Labute approximate surface area is 154 Å². The summed E-state index contributed by atoms with van der Waals surface area (Å²) in [6.45, 7) is 1.82. The lowest BCUT2D eigenvalue weighted by atomic mass is 10.2. The minimum atomic E-state index is -0.295. The number of hydrogen-bond donors (Lipinski definition) is 2. The lowest BCUT2D eigenvalue weighted by molar-refractivity contribution is 0.0996. The molecule has 0 aliphatic heterocycles. The smallest absolute Gasteiger partial charge is 0.291 e. The number of hydrogen-bond acceptors (Lipinski definition) is 6. The molecule has 8 heteroatoms. The van der Waals surface area contributed by atoms with Crippen molar-refractivity contribution < 1.29 is 9.21 Å². The van der Waals surface area contributed by atoms with Crippen LogP contribution in [-0.4, -0.2) is 25.7 Å². The van der Waals surface area contributed by atoms with E-state index in [1.165, 1.54) is 6.26 Å². The number of carbonyl (C=O) groups excluding carboxylic acids is 1. The third-order valence-electron chi connectivity index (χ3n) is 3.72. The van der Waals surface area contributed by atoms with E-state index in [9.17, 15) is 4.79 Å². The molecule has 27 heavy (non-hydrogen) atoms. The first-order valence-corrected chi connectivity index (χ1v) is 8.25. The van der Waals surface area contributed by atoms with Crippen LogP contribution >= 0.6 is 0 Å². The second-order valence-corrected chi connectivity index (χ2v) is 5.74. The van der Waals surface area contributed by atoms with Crippen molar-refractivity contribution in [1.29, 1.82) is 0 Å². The second kappa shape index (κ2) is 7.12. The van der Waals surface area contributed by atoms with Gasteiger partial charge in [0.15, 0.2) is 11.6 Å². The van der Waals surface area contributed by atoms with Crippen molar-refractivity contribution in [3.8, 4) is 5.82 Å². The molecule has 0 fully saturated rings. The average molecular weight is 360 g/mol. The van der Waals surface area contributed by atoms with Gasteiger partial charge in [-0.25, -0.2) is 14.6 Å². The largest absolute Gasteiger partial charge is 0.459 e. The summed E-state index contributed by atoms with van der Waals surface area (Å²) < 4.78 is 6.75. The molecule has 134 valence electrons. The predicted octanol–water partition coefficient (Wildman–Crippen LogP) is 3.56. The van der Waals surface area contributed by atoms with Gasteiger partial charge in [0.1, 0.15) is 11.6 Å². The number of benzene rings is 1. The summed E-state index contributed by atoms with van der Waals surface area (Å²) in [5.41, 5.74) is 1.49. The van der Waals surface area contributed by atoms with Crippen LogP contribution < -0.4 is 10.6 Å². The Kier molecular flexibility index (Phi) is 4.36. The van der Waals surface area contributed by atoms with E-state index in [1.807, 2.05) is 37.4 Å². The quantitative estimate of drug-likeness (QED) is 0.565. The van der Waals surface area contributed by atoms with Crippen molar-refractivity contribution in [1.82, 2.24) is 19.7 Å². The van der Waals surface area contributed by atoms with Crippen molar-refractivity contribution in [2.24, 2.45) is 0 Å². The molecule has 2 N–H and O–H groups in total. The van der Waals surface area contributed by atoms with E-state index in [4.69, 9.17) is 4.42 Å². The maximum absolute atomic E-state index is 12.0. The highest BCUT2D eigenvalue weighted by atomic mass is 16.3. The number of carbonyl (C=O) groups is 1. The Morgan fingerprint density at radius 2 is 1.89 bits per heavy atom. The van der Waals surface area contributed by atoms with Gasteiger partial charge in [0.25, 0.3) is 5.91 Å². The second-order valence-electron chi connectivity index (χ2n) is 5.74. The fourth-order valence-electron chi connectivity index (χ4n) is 2.52. The molecule has 1 amide bonds. The summed E-state index contributed by atoms with van der Waals surface area (Å²) in [6.07, 6.45) is 4.98. The van der Waals surface area contributed by atoms with Crippen LogP contribution in [0.3, 0.4) is 0 Å². The van der Waals surface area contributed by atoms with Crippen molar-refractivity contribution in [2.75, 3.05) is 10.6 Å². The fraction of sp³-hybridized carbons (Fsp3) is 0.0526. The van der Waals surface area contributed by atoms with Crippen LogP contribution in [0, 0.1) is 6.92 Å². The molecule has 0 unspecified atom stereocenters. The minimum absolute atomic E-state index is 0.264. The van der Waals surface area contributed by atoms with Gasteiger partial charge < -0.3 is 15.1 Å². The zero-order valence-electron chi connectivity index (χ0n) is 14.5. The molecule has 3 heterocycles. The number of rotatable bonds is 5. The van der Waals surface area contributed by atoms with E-state index in [0.717, 1.165) is 5.69 Å². The topological polar surface area (TPSA) is 97.9 Å². The van der Waals surface area contributed by atoms with Gasteiger partial charge >= 0.3 is 0 Å². The molecule has 8 nitrogen and oxygen atoms in total. The molecule has 4 aromatic rings. The van der Waals surface area contributed by atoms with E-state index in [-0.39, 0.29) is 11.7 Å². The molecular weight excluding hydrogens is 344 g/mol. The third-order valence-corrected chi connectivity index (χ3v) is 3.72. The summed E-state index contributed by atoms with van der Waals surface area (Å²) in [6, 6.07) is 14.2. The van der Waals surface area contributed by atoms with Gasteiger partial charge in [0, 0.05) is 29.8 Å². The normalized spacial score (nSPS) is 10.6. The molecule has 0 saturated heterocycles. The van der Waals surface area contributed by atoms with Crippen LogP contribution in [0.1, 0.15) is 16.4 Å². The molecular formula is C19H16N6O2. The molecule has 0 spiro atoms. The van der Waals surface area contributed by atoms with Crippen molar-refractivity contribution in [2.45, 2.75) is 6.92 Å². The van der Waals surface area contributed by atoms with Gasteiger partial charge in [-0.3, -0.25) is 4.79 Å². The van der Waals surface area contributed by atoms with Crippen LogP contribution in [0.4, 0.5) is 17.2 Å². The first-order valence-electron chi connectivity index (χ1n) is 8.25. The van der Waals surface area contributed by atoms with Crippen LogP contribution in [0.25, 0.3) is 5.82 Å². The van der Waals surface area contributed by atoms with Crippen molar-refractivity contribution in [3.63, 3.8) is 0 Å². The molecule has 4 rings (SSSR count). The van der Waals surface area contributed by atoms with Gasteiger partial charge in [-0.15, -0.1) is 0 Å². The number of anilines is 3. The summed E-state index contributed by atoms with van der Waals surface area (Å²) in [5, 5.41) is 10.2. The number of furan rings is 1. The highest BCUT2D eigenvalue weighted by molar-refractivity contribution is 6.02. The standard InChI is InChI=1S/C19H16N6O2/c1-13-21-17(12-18(22-13)25-10-3-9-20-25)23-14-5-7-15(8-6-14)24-19(26)16-4-2-11-27-16/h2-12H,1H3,(H,24,26)(H,21,22,23). The fourth-order valence-corrected chi connectivity index (χ4v) is 2.52. The maximum atomic E-state index is 12.0. The highest BCUT2D eigenvalue weighted by Gasteiger charge is 2.09. The summed E-state index contributed by atoms with van der Waals surface area (Å²) >= 11 is 0. The average Bonchev–Trinajstić information content (AvgIpc) is 3.37. The summed E-state index contributed by atoms with van der Waals surface area (Å²) in [7, 11) is 0. The zero-order chi connectivity index (χ0) is 18.6. The summed E-state index contributed by atoms with van der Waals surface area (Å²) in [5.74, 6) is 1.93. The van der Waals surface area contributed by atoms with Crippen molar-refractivity contribution in [3.05, 3.63) is 78.8 Å². The molecule has 0 aliphatic rings. The number of amides is 1. The zero-order valence-corrected chi connectivity index (χ0v) is 14.5. The van der Waals surface area contributed by atoms with Gasteiger partial charge in [-0.2, -0.15) is 5.10 Å². The number of aryl methyl sites for hydroxylation is 1. The SMILES string of the molecule is Cc1nc(Nc2ccc(NC(=O)c3ccco3)cc2)cc(-n2cccn2)n1. The number of nitrogens with one attached hydrogen (secondary N) is 2. The Balaban J connectivity index is 1.48. The van der Waals surface area contributed by atoms with E-state index in [2.05, 4.69) is 25.7 Å². The third kappa shape index (κ3) is 3.84. The van der Waals surface area contributed by atoms with Crippen LogP contribution in [0.15, 0.2) is 71.6 Å². The highest BCUT2D eigenvalue weighted by Crippen LogP contribution is 2.19. The van der Waals surface area contributed by atoms with E-state index in [0.29, 0.717) is 23.1 Å². The van der Waals surface area contributed by atoms with Crippen LogP contribution in [0.5, 0.6) is 0 Å². The first kappa shape index (κ1) is 16.5. The molecule has 0 atom stereocenters. The molecule has 0 aliphatic carbocycles. The van der Waals surface area contributed by atoms with Crippen molar-refractivity contribution >= 4 is 23.1 Å². The Morgan fingerprint density at radius 1 is 1.07 bits per heavy atom. The lowest BCUT2D eigenvalue weighted by Gasteiger charge is -2.10. The van der Waals surface area contributed by atoms with Crippen LogP contribution in [0.2, 0.25) is 0 Å². The monoisotopic (exact) mass is 360 g/mol. The van der Waals surface area contributed by atoms with Gasteiger partial charge in [-0.1, -0.05) is 0 Å². The first-order chi connectivity index (χ1) is 13.2. The maximum Gasteiger partial charge on any atom is 0.291 e. The molecule has 0 bridgehead atoms. The molecule has 0 saturated carbocycles. The molecule has 0 radical (unpaired) electrons. The molecule has 1 aromatic carbocycles. The van der Waals surface area contributed by atoms with E-state index in [1.54, 1.807) is 35.1 Å². The van der Waals surface area contributed by atoms with Gasteiger partial charge in [0.2, 0.25) is 0 Å². The molecule has 3 aromatic heterocycles. The number of aromatic nitrogens is 4.